The maximum atomic E-state index is 12.9. The third kappa shape index (κ3) is 2.46. The number of fused-ring (bicyclic) bond motifs is 1. The van der Waals surface area contributed by atoms with Gasteiger partial charge in [-0.2, -0.15) is 4.68 Å². The van der Waals surface area contributed by atoms with Crippen molar-refractivity contribution in [1.29, 1.82) is 0 Å². The van der Waals surface area contributed by atoms with Crippen molar-refractivity contribution in [2.75, 3.05) is 6.26 Å². The Morgan fingerprint density at radius 3 is 2.62 bits per heavy atom. The zero-order valence-corrected chi connectivity index (χ0v) is 14.9. The first-order valence-electron chi connectivity index (χ1n) is 7.85. The van der Waals surface area contributed by atoms with Crippen LogP contribution >= 0.6 is 11.8 Å². The Morgan fingerprint density at radius 2 is 1.88 bits per heavy atom. The van der Waals surface area contributed by atoms with Crippen molar-refractivity contribution in [3.63, 3.8) is 0 Å². The van der Waals surface area contributed by atoms with E-state index in [2.05, 4.69) is 15.5 Å². The fourth-order valence-corrected chi connectivity index (χ4v) is 3.36. The van der Waals surface area contributed by atoms with E-state index < -0.39 is 0 Å². The smallest absolute Gasteiger partial charge is 0.265 e. The molecule has 0 amide bonds. The molecule has 4 rings (SSSR count). The molecule has 0 radical (unpaired) electrons. The summed E-state index contributed by atoms with van der Waals surface area (Å²) in [5.41, 5.74) is 1.06. The van der Waals surface area contributed by atoms with Gasteiger partial charge in [0, 0.05) is 17.3 Å². The number of pyridine rings is 1. The van der Waals surface area contributed by atoms with Crippen LogP contribution in [0.25, 0.3) is 28.0 Å². The molecular formula is C18H15N5O2S. The molecule has 7 nitrogen and oxygen atoms in total. The Morgan fingerprint density at radius 1 is 1.12 bits per heavy atom. The Labute approximate surface area is 152 Å². The first-order chi connectivity index (χ1) is 12.6. The van der Waals surface area contributed by atoms with Crippen molar-refractivity contribution in [2.24, 2.45) is 7.05 Å². The third-order valence-corrected chi connectivity index (χ3v) is 4.99. The van der Waals surface area contributed by atoms with Crippen LogP contribution in [0.15, 0.2) is 58.2 Å². The summed E-state index contributed by atoms with van der Waals surface area (Å²) < 4.78 is 2.94. The van der Waals surface area contributed by atoms with Crippen molar-refractivity contribution in [1.82, 2.24) is 24.8 Å². The number of tetrazole rings is 1. The van der Waals surface area contributed by atoms with E-state index in [0.717, 1.165) is 4.90 Å². The molecule has 26 heavy (non-hydrogen) atoms. The van der Waals surface area contributed by atoms with Gasteiger partial charge >= 0.3 is 0 Å². The number of aromatic nitrogens is 5. The molecule has 0 unspecified atom stereocenters. The molecule has 0 fully saturated rings. The summed E-state index contributed by atoms with van der Waals surface area (Å²) in [5.74, 6) is 0.0803. The molecule has 130 valence electrons. The number of hydrogen-bond acceptors (Lipinski definition) is 6. The number of nitrogens with zero attached hydrogens (tertiary/aromatic N) is 5. The topological polar surface area (TPSA) is 85.8 Å². The molecule has 0 aliphatic carbocycles. The summed E-state index contributed by atoms with van der Waals surface area (Å²) in [7, 11) is 1.67. The average molecular weight is 365 g/mol. The van der Waals surface area contributed by atoms with Gasteiger partial charge in [0.1, 0.15) is 11.3 Å². The highest BCUT2D eigenvalue weighted by Crippen LogP contribution is 2.34. The molecule has 0 atom stereocenters. The average Bonchev–Trinajstić information content (AvgIpc) is 3.16. The van der Waals surface area contributed by atoms with Crippen LogP contribution in [0.2, 0.25) is 0 Å². The predicted molar refractivity (Wildman–Crippen MR) is 101 cm³/mol. The summed E-state index contributed by atoms with van der Waals surface area (Å²) in [6, 6.07) is 14.8. The normalized spacial score (nSPS) is 11.2. The van der Waals surface area contributed by atoms with E-state index in [1.54, 1.807) is 18.8 Å². The van der Waals surface area contributed by atoms with Crippen molar-refractivity contribution < 1.29 is 5.11 Å². The zero-order chi connectivity index (χ0) is 18.3. The largest absolute Gasteiger partial charge is 0.506 e. The van der Waals surface area contributed by atoms with E-state index in [1.165, 1.54) is 9.25 Å². The van der Waals surface area contributed by atoms with Gasteiger partial charge < -0.3 is 9.67 Å². The molecule has 0 bridgehead atoms. The van der Waals surface area contributed by atoms with E-state index in [1.807, 2.05) is 54.8 Å². The summed E-state index contributed by atoms with van der Waals surface area (Å²) in [6.45, 7) is 0. The highest BCUT2D eigenvalue weighted by atomic mass is 32.2. The molecular weight excluding hydrogens is 350 g/mol. The first kappa shape index (κ1) is 16.3. The Hall–Kier alpha value is -3.13. The molecule has 0 saturated heterocycles. The summed E-state index contributed by atoms with van der Waals surface area (Å²) in [4.78, 5) is 13.9. The monoisotopic (exact) mass is 365 g/mol. The molecule has 0 aliphatic heterocycles. The zero-order valence-electron chi connectivity index (χ0n) is 14.1. The van der Waals surface area contributed by atoms with E-state index in [4.69, 9.17) is 0 Å². The van der Waals surface area contributed by atoms with Gasteiger partial charge in [-0.3, -0.25) is 4.79 Å². The third-order valence-electron chi connectivity index (χ3n) is 4.27. The molecule has 1 N–H and O–H groups in total. The van der Waals surface area contributed by atoms with E-state index in [0.29, 0.717) is 16.6 Å². The summed E-state index contributed by atoms with van der Waals surface area (Å²) in [5, 5.41) is 23.1. The van der Waals surface area contributed by atoms with E-state index >= 15 is 0 Å². The lowest BCUT2D eigenvalue weighted by Crippen LogP contribution is -2.20. The Kier molecular flexibility index (Phi) is 3.96. The fourth-order valence-electron chi connectivity index (χ4n) is 2.92. The second-order valence-electron chi connectivity index (χ2n) is 5.72. The van der Waals surface area contributed by atoms with Crippen LogP contribution in [-0.2, 0) is 7.05 Å². The summed E-state index contributed by atoms with van der Waals surface area (Å²) in [6.07, 6.45) is 1.96. The molecule has 2 heterocycles. The quantitative estimate of drug-likeness (QED) is 0.562. The van der Waals surface area contributed by atoms with Gasteiger partial charge in [-0.15, -0.1) is 16.9 Å². The van der Waals surface area contributed by atoms with Gasteiger partial charge in [0.15, 0.2) is 5.82 Å². The number of aryl methyl sites for hydroxylation is 1. The lowest BCUT2D eigenvalue weighted by molar-refractivity contribution is 0.481. The molecule has 4 aromatic rings. The lowest BCUT2D eigenvalue weighted by Gasteiger charge is -2.12. The van der Waals surface area contributed by atoms with Crippen LogP contribution in [0.3, 0.4) is 0 Å². The maximum absolute atomic E-state index is 12.9. The first-order valence-corrected chi connectivity index (χ1v) is 9.08. The SMILES string of the molecule is CSc1ccc2c(c1)c(O)c(-c1nnnn1-c1ccccc1)c(=O)n2C. The van der Waals surface area contributed by atoms with Crippen LogP contribution in [0.5, 0.6) is 5.75 Å². The molecule has 0 saturated carbocycles. The second kappa shape index (κ2) is 6.30. The molecule has 0 aliphatic rings. The molecule has 0 spiro atoms. The number of para-hydroxylation sites is 1. The fraction of sp³-hybridized carbons (Fsp3) is 0.111. The maximum Gasteiger partial charge on any atom is 0.265 e. The van der Waals surface area contributed by atoms with E-state index in [-0.39, 0.29) is 22.7 Å². The van der Waals surface area contributed by atoms with Crippen LogP contribution < -0.4 is 5.56 Å². The standard InChI is InChI=1S/C18H15N5O2S/c1-22-14-9-8-12(26-2)10-13(14)16(24)15(18(22)25)17-19-20-21-23(17)11-6-4-3-5-7-11/h3-10,24H,1-2H3. The number of hydrogen-bond donors (Lipinski definition) is 1. The highest BCUT2D eigenvalue weighted by Gasteiger charge is 2.22. The van der Waals surface area contributed by atoms with Gasteiger partial charge in [-0.05, 0) is 47.0 Å². The van der Waals surface area contributed by atoms with Crippen molar-refractivity contribution in [3.8, 4) is 22.8 Å². The predicted octanol–water partition coefficient (Wildman–Crippen LogP) is 2.61. The molecule has 8 heteroatoms. The number of rotatable bonds is 3. The summed E-state index contributed by atoms with van der Waals surface area (Å²) >= 11 is 1.56. The minimum atomic E-state index is -0.362. The molecule has 2 aromatic heterocycles. The van der Waals surface area contributed by atoms with E-state index in [9.17, 15) is 9.90 Å². The second-order valence-corrected chi connectivity index (χ2v) is 6.60. The minimum absolute atomic E-state index is 0.0760. The molecule has 2 aromatic carbocycles. The van der Waals surface area contributed by atoms with Gasteiger partial charge in [0.2, 0.25) is 0 Å². The van der Waals surface area contributed by atoms with Crippen LogP contribution in [0.1, 0.15) is 0 Å². The highest BCUT2D eigenvalue weighted by molar-refractivity contribution is 7.98. The van der Waals surface area contributed by atoms with Crippen LogP contribution in [0, 0.1) is 0 Å². The van der Waals surface area contributed by atoms with Crippen molar-refractivity contribution >= 4 is 22.7 Å². The van der Waals surface area contributed by atoms with Gasteiger partial charge in [0.05, 0.1) is 11.2 Å². The van der Waals surface area contributed by atoms with Crippen molar-refractivity contribution in [2.45, 2.75) is 4.90 Å². The van der Waals surface area contributed by atoms with Crippen LogP contribution in [0.4, 0.5) is 0 Å². The van der Waals surface area contributed by atoms with Gasteiger partial charge in [-0.1, -0.05) is 18.2 Å². The number of benzene rings is 2. The Bertz CT molecular complexity index is 1170. The van der Waals surface area contributed by atoms with Gasteiger partial charge in [0.25, 0.3) is 5.56 Å². The minimum Gasteiger partial charge on any atom is -0.506 e. The lowest BCUT2D eigenvalue weighted by atomic mass is 10.1. The Balaban J connectivity index is 2.05. The van der Waals surface area contributed by atoms with Gasteiger partial charge in [-0.25, -0.2) is 0 Å². The number of aromatic hydroxyl groups is 1. The number of thioether (sulfide) groups is 1. The van der Waals surface area contributed by atoms with Crippen LogP contribution in [-0.4, -0.2) is 36.1 Å². The van der Waals surface area contributed by atoms with Crippen molar-refractivity contribution in [3.05, 3.63) is 58.9 Å².